The maximum atomic E-state index is 5.35. The Hall–Kier alpha value is -1.28. The first-order chi connectivity index (χ1) is 6.81. The molecule has 0 aliphatic rings. The minimum Gasteiger partial charge on any atom is -0.464 e. The molecule has 2 aromatic rings. The van der Waals surface area contributed by atoms with Crippen LogP contribution in [0.2, 0.25) is 0 Å². The molecule has 1 N–H and O–H groups in total. The van der Waals surface area contributed by atoms with Crippen molar-refractivity contribution in [2.75, 3.05) is 7.05 Å². The smallest absolute Gasteiger partial charge is 0.134 e. The third kappa shape index (κ3) is 1.66. The molecule has 1 atom stereocenters. The third-order valence-corrected chi connectivity index (χ3v) is 2.61. The van der Waals surface area contributed by atoms with Crippen molar-refractivity contribution in [3.8, 4) is 0 Å². The number of fused-ring (bicyclic) bond motifs is 1. The lowest BCUT2D eigenvalue weighted by Crippen LogP contribution is -2.23. The van der Waals surface area contributed by atoms with E-state index in [0.29, 0.717) is 6.04 Å². The maximum Gasteiger partial charge on any atom is 0.134 e. The average Bonchev–Trinajstić information content (AvgIpc) is 2.66. The molecule has 2 heteroatoms. The second kappa shape index (κ2) is 3.84. The van der Waals surface area contributed by atoms with Crippen LogP contribution in [-0.4, -0.2) is 13.1 Å². The number of benzene rings is 1. The molecule has 2 nitrogen and oxygen atoms in total. The van der Waals surface area contributed by atoms with Crippen molar-refractivity contribution in [3.05, 3.63) is 36.1 Å². The van der Waals surface area contributed by atoms with E-state index in [1.54, 1.807) is 6.26 Å². The number of nitrogens with one attached hydrogen (secondary N) is 1. The number of rotatable bonds is 3. The van der Waals surface area contributed by atoms with Gasteiger partial charge in [-0.2, -0.15) is 0 Å². The molecular formula is C12H15NO. The lowest BCUT2D eigenvalue weighted by atomic mass is 10.0. The molecule has 0 amide bonds. The van der Waals surface area contributed by atoms with Gasteiger partial charge in [0.25, 0.3) is 0 Å². The summed E-state index contributed by atoms with van der Waals surface area (Å²) in [6.07, 6.45) is 2.78. The van der Waals surface area contributed by atoms with Gasteiger partial charge in [-0.1, -0.05) is 12.1 Å². The zero-order valence-electron chi connectivity index (χ0n) is 8.58. The van der Waals surface area contributed by atoms with Gasteiger partial charge >= 0.3 is 0 Å². The molecule has 0 saturated carbocycles. The Kier molecular flexibility index (Phi) is 2.55. The van der Waals surface area contributed by atoms with Gasteiger partial charge in [0.1, 0.15) is 5.58 Å². The summed E-state index contributed by atoms with van der Waals surface area (Å²) < 4.78 is 5.35. The van der Waals surface area contributed by atoms with Crippen LogP contribution in [-0.2, 0) is 6.42 Å². The molecular weight excluding hydrogens is 174 g/mol. The summed E-state index contributed by atoms with van der Waals surface area (Å²) in [4.78, 5) is 0. The molecule has 1 aromatic carbocycles. The highest BCUT2D eigenvalue weighted by atomic mass is 16.3. The highest BCUT2D eigenvalue weighted by molar-refractivity contribution is 5.80. The van der Waals surface area contributed by atoms with Crippen molar-refractivity contribution >= 4 is 11.0 Å². The van der Waals surface area contributed by atoms with Crippen LogP contribution in [0.3, 0.4) is 0 Å². The monoisotopic (exact) mass is 189 g/mol. The van der Waals surface area contributed by atoms with Crippen molar-refractivity contribution in [1.82, 2.24) is 5.32 Å². The SMILES string of the molecule is CNC(C)Cc1cccc2occc12. The zero-order valence-corrected chi connectivity index (χ0v) is 8.58. The summed E-state index contributed by atoms with van der Waals surface area (Å²) in [6, 6.07) is 8.74. The molecule has 0 aliphatic carbocycles. The minimum atomic E-state index is 0.496. The summed E-state index contributed by atoms with van der Waals surface area (Å²) in [5.74, 6) is 0. The van der Waals surface area contributed by atoms with Crippen molar-refractivity contribution in [2.45, 2.75) is 19.4 Å². The molecule has 0 saturated heterocycles. The molecule has 1 aromatic heterocycles. The second-order valence-electron chi connectivity index (χ2n) is 3.64. The van der Waals surface area contributed by atoms with Gasteiger partial charge in [0.05, 0.1) is 6.26 Å². The van der Waals surface area contributed by atoms with Crippen LogP contribution in [0.1, 0.15) is 12.5 Å². The van der Waals surface area contributed by atoms with Crippen molar-refractivity contribution < 1.29 is 4.42 Å². The average molecular weight is 189 g/mol. The van der Waals surface area contributed by atoms with E-state index in [9.17, 15) is 0 Å². The first-order valence-electron chi connectivity index (χ1n) is 4.93. The Morgan fingerprint density at radius 2 is 2.21 bits per heavy atom. The summed E-state index contributed by atoms with van der Waals surface area (Å²) in [6.45, 7) is 2.18. The number of likely N-dealkylation sites (N-methyl/N-ethyl adjacent to an activating group) is 1. The van der Waals surface area contributed by atoms with Gasteiger partial charge in [-0.15, -0.1) is 0 Å². The van der Waals surface area contributed by atoms with E-state index in [0.717, 1.165) is 12.0 Å². The quantitative estimate of drug-likeness (QED) is 0.802. The molecule has 2 rings (SSSR count). The Morgan fingerprint density at radius 1 is 1.36 bits per heavy atom. The van der Waals surface area contributed by atoms with Crippen LogP contribution >= 0.6 is 0 Å². The van der Waals surface area contributed by atoms with Gasteiger partial charge in [0.2, 0.25) is 0 Å². The van der Waals surface area contributed by atoms with Crippen LogP contribution < -0.4 is 5.32 Å². The van der Waals surface area contributed by atoms with E-state index in [1.807, 2.05) is 25.2 Å². The van der Waals surface area contributed by atoms with Crippen LogP contribution in [0.4, 0.5) is 0 Å². The van der Waals surface area contributed by atoms with Gasteiger partial charge < -0.3 is 9.73 Å². The fourth-order valence-corrected chi connectivity index (χ4v) is 1.67. The van der Waals surface area contributed by atoms with Gasteiger partial charge in [-0.05, 0) is 38.1 Å². The maximum absolute atomic E-state index is 5.35. The number of furan rings is 1. The third-order valence-electron chi connectivity index (χ3n) is 2.61. The lowest BCUT2D eigenvalue weighted by molar-refractivity contribution is 0.607. The molecule has 0 aliphatic heterocycles. The highest BCUT2D eigenvalue weighted by Gasteiger charge is 2.05. The van der Waals surface area contributed by atoms with Crippen LogP contribution in [0.15, 0.2) is 34.9 Å². The van der Waals surface area contributed by atoms with Crippen molar-refractivity contribution in [2.24, 2.45) is 0 Å². The molecule has 0 radical (unpaired) electrons. The van der Waals surface area contributed by atoms with E-state index >= 15 is 0 Å². The van der Waals surface area contributed by atoms with Gasteiger partial charge in [0, 0.05) is 11.4 Å². The molecule has 0 spiro atoms. The van der Waals surface area contributed by atoms with Crippen molar-refractivity contribution in [3.63, 3.8) is 0 Å². The summed E-state index contributed by atoms with van der Waals surface area (Å²) in [7, 11) is 1.99. The Morgan fingerprint density at radius 3 is 3.00 bits per heavy atom. The summed E-state index contributed by atoms with van der Waals surface area (Å²) in [5, 5.41) is 4.47. The van der Waals surface area contributed by atoms with Gasteiger partial charge in [-0.25, -0.2) is 0 Å². The molecule has 0 bridgehead atoms. The molecule has 1 unspecified atom stereocenters. The Bertz CT molecular complexity index is 419. The zero-order chi connectivity index (χ0) is 9.97. The normalized spacial score (nSPS) is 13.3. The predicted molar refractivity (Wildman–Crippen MR) is 58.4 cm³/mol. The number of hydrogen-bond donors (Lipinski definition) is 1. The summed E-state index contributed by atoms with van der Waals surface area (Å²) >= 11 is 0. The minimum absolute atomic E-state index is 0.496. The molecule has 74 valence electrons. The number of hydrogen-bond acceptors (Lipinski definition) is 2. The topological polar surface area (TPSA) is 25.2 Å². The standard InChI is InChI=1S/C12H15NO/c1-9(13-2)8-10-4-3-5-12-11(10)6-7-14-12/h3-7,9,13H,8H2,1-2H3. The van der Waals surface area contributed by atoms with E-state index < -0.39 is 0 Å². The fourth-order valence-electron chi connectivity index (χ4n) is 1.67. The van der Waals surface area contributed by atoms with Gasteiger partial charge in [0.15, 0.2) is 0 Å². The second-order valence-corrected chi connectivity index (χ2v) is 3.64. The first kappa shape index (κ1) is 9.28. The van der Waals surface area contributed by atoms with E-state index in [-0.39, 0.29) is 0 Å². The van der Waals surface area contributed by atoms with Crippen molar-refractivity contribution in [1.29, 1.82) is 0 Å². The van der Waals surface area contributed by atoms with Crippen LogP contribution in [0.25, 0.3) is 11.0 Å². The van der Waals surface area contributed by atoms with Crippen LogP contribution in [0, 0.1) is 0 Å². The van der Waals surface area contributed by atoms with E-state index in [1.165, 1.54) is 10.9 Å². The van der Waals surface area contributed by atoms with E-state index in [2.05, 4.69) is 18.3 Å². The molecule has 14 heavy (non-hydrogen) atoms. The molecule has 1 heterocycles. The largest absolute Gasteiger partial charge is 0.464 e. The highest BCUT2D eigenvalue weighted by Crippen LogP contribution is 2.20. The summed E-state index contributed by atoms with van der Waals surface area (Å²) in [5.41, 5.74) is 2.32. The Labute approximate surface area is 83.9 Å². The lowest BCUT2D eigenvalue weighted by Gasteiger charge is -2.10. The first-order valence-corrected chi connectivity index (χ1v) is 4.93. The Balaban J connectivity index is 2.36. The van der Waals surface area contributed by atoms with Gasteiger partial charge in [-0.3, -0.25) is 0 Å². The fraction of sp³-hybridized carbons (Fsp3) is 0.333. The molecule has 0 fully saturated rings. The van der Waals surface area contributed by atoms with Crippen LogP contribution in [0.5, 0.6) is 0 Å². The predicted octanol–water partition coefficient (Wildman–Crippen LogP) is 2.58. The van der Waals surface area contributed by atoms with E-state index in [4.69, 9.17) is 4.42 Å².